The van der Waals surface area contributed by atoms with Crippen molar-refractivity contribution in [3.05, 3.63) is 64.4 Å². The molecule has 2 aromatic rings. The molecule has 1 aromatic carbocycles. The monoisotopic (exact) mass is 255 g/mol. The fraction of sp³-hybridized carbons (Fsp3) is 0.0833. The average molecular weight is 256 g/mol. The number of hydrogen-bond donors (Lipinski definition) is 1. The minimum Gasteiger partial charge on any atom is -0.384 e. The first-order valence-electron chi connectivity index (χ1n) is 4.83. The molecule has 5 heteroatoms. The fourth-order valence-corrected chi connectivity index (χ4v) is 1.68. The van der Waals surface area contributed by atoms with Gasteiger partial charge in [-0.15, -0.1) is 0 Å². The first-order chi connectivity index (χ1) is 8.09. The Labute approximate surface area is 102 Å². The molecule has 88 valence electrons. The van der Waals surface area contributed by atoms with Crippen LogP contribution in [0.3, 0.4) is 0 Å². The van der Waals surface area contributed by atoms with Crippen LogP contribution in [0, 0.1) is 11.6 Å². The molecule has 17 heavy (non-hydrogen) atoms. The van der Waals surface area contributed by atoms with Gasteiger partial charge in [0.15, 0.2) is 11.6 Å². The minimum atomic E-state index is -1.27. The van der Waals surface area contributed by atoms with Crippen LogP contribution in [0.25, 0.3) is 0 Å². The SMILES string of the molecule is OC(c1ccnc(Cl)c1)c1cccc(F)c1F. The van der Waals surface area contributed by atoms with Gasteiger partial charge in [-0.25, -0.2) is 13.8 Å². The second kappa shape index (κ2) is 4.77. The predicted molar refractivity (Wildman–Crippen MR) is 59.7 cm³/mol. The van der Waals surface area contributed by atoms with E-state index in [0.29, 0.717) is 5.56 Å². The van der Waals surface area contributed by atoms with Gasteiger partial charge in [0.25, 0.3) is 0 Å². The summed E-state index contributed by atoms with van der Waals surface area (Å²) in [4.78, 5) is 3.74. The van der Waals surface area contributed by atoms with E-state index in [9.17, 15) is 13.9 Å². The second-order valence-electron chi connectivity index (χ2n) is 3.46. The van der Waals surface area contributed by atoms with Crippen LogP contribution in [0.4, 0.5) is 8.78 Å². The maximum Gasteiger partial charge on any atom is 0.164 e. The van der Waals surface area contributed by atoms with Gasteiger partial charge in [-0.05, 0) is 23.8 Å². The Hall–Kier alpha value is -1.52. The van der Waals surface area contributed by atoms with Crippen molar-refractivity contribution in [2.24, 2.45) is 0 Å². The summed E-state index contributed by atoms with van der Waals surface area (Å²) < 4.78 is 26.5. The molecule has 0 spiro atoms. The molecule has 0 radical (unpaired) electrons. The van der Waals surface area contributed by atoms with Crippen LogP contribution < -0.4 is 0 Å². The van der Waals surface area contributed by atoms with E-state index in [2.05, 4.69) is 4.98 Å². The lowest BCUT2D eigenvalue weighted by atomic mass is 10.0. The Balaban J connectivity index is 2.44. The molecular formula is C12H8ClF2NO. The number of aliphatic hydroxyl groups is 1. The zero-order valence-corrected chi connectivity index (χ0v) is 9.33. The van der Waals surface area contributed by atoms with Crippen molar-refractivity contribution in [1.82, 2.24) is 4.98 Å². The molecule has 0 aliphatic rings. The van der Waals surface area contributed by atoms with E-state index in [0.717, 1.165) is 6.07 Å². The highest BCUT2D eigenvalue weighted by Gasteiger charge is 2.17. The lowest BCUT2D eigenvalue weighted by molar-refractivity contribution is 0.213. The van der Waals surface area contributed by atoms with E-state index in [1.165, 1.54) is 30.5 Å². The van der Waals surface area contributed by atoms with Crippen LogP contribution in [-0.4, -0.2) is 10.1 Å². The summed E-state index contributed by atoms with van der Waals surface area (Å²) in [5.41, 5.74) is 0.224. The average Bonchev–Trinajstić information content (AvgIpc) is 2.32. The van der Waals surface area contributed by atoms with E-state index in [1.54, 1.807) is 0 Å². The molecule has 1 heterocycles. The standard InChI is InChI=1S/C12H8ClF2NO/c13-10-6-7(4-5-16-10)12(17)8-2-1-3-9(14)11(8)15/h1-6,12,17H. The van der Waals surface area contributed by atoms with Crippen molar-refractivity contribution in [2.75, 3.05) is 0 Å². The van der Waals surface area contributed by atoms with Crippen LogP contribution in [0.1, 0.15) is 17.2 Å². The van der Waals surface area contributed by atoms with Gasteiger partial charge in [0.2, 0.25) is 0 Å². The molecule has 1 N–H and O–H groups in total. The third-order valence-corrected chi connectivity index (χ3v) is 2.55. The topological polar surface area (TPSA) is 33.1 Å². The van der Waals surface area contributed by atoms with Crippen LogP contribution in [0.2, 0.25) is 5.15 Å². The van der Waals surface area contributed by atoms with Gasteiger partial charge in [-0.2, -0.15) is 0 Å². The van der Waals surface area contributed by atoms with Gasteiger partial charge < -0.3 is 5.11 Å². The Morgan fingerprint density at radius 1 is 1.24 bits per heavy atom. The number of benzene rings is 1. The quantitative estimate of drug-likeness (QED) is 0.837. The number of rotatable bonds is 2. The summed E-state index contributed by atoms with van der Waals surface area (Å²) in [7, 11) is 0. The third-order valence-electron chi connectivity index (χ3n) is 2.34. The number of hydrogen-bond acceptors (Lipinski definition) is 2. The Kier molecular flexibility index (Phi) is 3.36. The smallest absolute Gasteiger partial charge is 0.164 e. The summed E-state index contributed by atoms with van der Waals surface area (Å²) >= 11 is 5.66. The normalized spacial score (nSPS) is 12.5. The molecule has 2 rings (SSSR count). The number of pyridine rings is 1. The van der Waals surface area contributed by atoms with Crippen molar-refractivity contribution in [1.29, 1.82) is 0 Å². The Bertz CT molecular complexity index is 548. The van der Waals surface area contributed by atoms with Crippen molar-refractivity contribution >= 4 is 11.6 Å². The zero-order valence-electron chi connectivity index (χ0n) is 8.57. The van der Waals surface area contributed by atoms with Crippen LogP contribution in [-0.2, 0) is 0 Å². The molecule has 0 saturated heterocycles. The van der Waals surface area contributed by atoms with Gasteiger partial charge >= 0.3 is 0 Å². The molecular weight excluding hydrogens is 248 g/mol. The zero-order chi connectivity index (χ0) is 12.4. The summed E-state index contributed by atoms with van der Waals surface area (Å²) in [5.74, 6) is -2.06. The highest BCUT2D eigenvalue weighted by molar-refractivity contribution is 6.29. The summed E-state index contributed by atoms with van der Waals surface area (Å²) in [6.45, 7) is 0. The Morgan fingerprint density at radius 2 is 2.00 bits per heavy atom. The van der Waals surface area contributed by atoms with Gasteiger partial charge in [0, 0.05) is 11.8 Å². The van der Waals surface area contributed by atoms with Gasteiger partial charge in [0.05, 0.1) is 0 Å². The van der Waals surface area contributed by atoms with E-state index in [4.69, 9.17) is 11.6 Å². The predicted octanol–water partition coefficient (Wildman–Crippen LogP) is 3.09. The molecule has 0 saturated carbocycles. The molecule has 2 nitrogen and oxygen atoms in total. The number of aliphatic hydroxyl groups excluding tert-OH is 1. The largest absolute Gasteiger partial charge is 0.384 e. The van der Waals surface area contributed by atoms with Crippen LogP contribution in [0.5, 0.6) is 0 Å². The highest BCUT2D eigenvalue weighted by atomic mass is 35.5. The van der Waals surface area contributed by atoms with Crippen molar-refractivity contribution < 1.29 is 13.9 Å². The Morgan fingerprint density at radius 3 is 2.71 bits per heavy atom. The maximum atomic E-state index is 13.5. The molecule has 1 unspecified atom stereocenters. The minimum absolute atomic E-state index is 0.132. The van der Waals surface area contributed by atoms with Crippen molar-refractivity contribution in [2.45, 2.75) is 6.10 Å². The molecule has 0 bridgehead atoms. The lowest BCUT2D eigenvalue weighted by Gasteiger charge is -2.12. The van der Waals surface area contributed by atoms with Gasteiger partial charge in [0.1, 0.15) is 11.3 Å². The van der Waals surface area contributed by atoms with Gasteiger partial charge in [-0.1, -0.05) is 23.7 Å². The molecule has 0 amide bonds. The second-order valence-corrected chi connectivity index (χ2v) is 3.84. The first-order valence-corrected chi connectivity index (χ1v) is 5.21. The molecule has 1 aromatic heterocycles. The number of halogens is 3. The van der Waals surface area contributed by atoms with E-state index in [-0.39, 0.29) is 10.7 Å². The lowest BCUT2D eigenvalue weighted by Crippen LogP contribution is -2.04. The number of aromatic nitrogens is 1. The summed E-state index contributed by atoms with van der Waals surface area (Å²) in [6, 6.07) is 6.53. The first kappa shape index (κ1) is 12.0. The maximum absolute atomic E-state index is 13.5. The highest BCUT2D eigenvalue weighted by Crippen LogP contribution is 2.26. The summed E-state index contributed by atoms with van der Waals surface area (Å²) in [5, 5.41) is 10.1. The van der Waals surface area contributed by atoms with Crippen LogP contribution in [0.15, 0.2) is 36.5 Å². The van der Waals surface area contributed by atoms with E-state index in [1.807, 2.05) is 0 Å². The summed E-state index contributed by atoms with van der Waals surface area (Å²) in [6.07, 6.45) is 0.115. The molecule has 0 aliphatic heterocycles. The van der Waals surface area contributed by atoms with Gasteiger partial charge in [-0.3, -0.25) is 0 Å². The van der Waals surface area contributed by atoms with Crippen LogP contribution >= 0.6 is 11.6 Å². The molecule has 1 atom stereocenters. The molecule has 0 aliphatic carbocycles. The van der Waals surface area contributed by atoms with Crippen molar-refractivity contribution in [3.8, 4) is 0 Å². The van der Waals surface area contributed by atoms with Crippen molar-refractivity contribution in [3.63, 3.8) is 0 Å². The van der Waals surface area contributed by atoms with E-state index >= 15 is 0 Å². The molecule has 0 fully saturated rings. The number of nitrogens with zero attached hydrogens (tertiary/aromatic N) is 1. The fourth-order valence-electron chi connectivity index (χ4n) is 1.50. The van der Waals surface area contributed by atoms with E-state index < -0.39 is 17.7 Å². The third kappa shape index (κ3) is 2.43.